The molecule has 0 aromatic heterocycles. The third-order valence-corrected chi connectivity index (χ3v) is 5.81. The van der Waals surface area contributed by atoms with Crippen molar-refractivity contribution in [2.24, 2.45) is 11.8 Å². The molecule has 1 saturated heterocycles. The van der Waals surface area contributed by atoms with Crippen molar-refractivity contribution in [3.8, 4) is 0 Å². The first kappa shape index (κ1) is 18.0. The van der Waals surface area contributed by atoms with Gasteiger partial charge in [0.05, 0.1) is 11.8 Å². The SMILES string of the molecule is CCc1cccc(C)c1NC(=O)C1CC1C(=O)N1CCCCC1CC. The molecule has 1 heterocycles. The molecule has 4 heteroatoms. The van der Waals surface area contributed by atoms with Gasteiger partial charge >= 0.3 is 0 Å². The molecular formula is C21H30N2O2. The maximum Gasteiger partial charge on any atom is 0.228 e. The number of rotatable bonds is 5. The van der Waals surface area contributed by atoms with E-state index in [-0.39, 0.29) is 23.7 Å². The highest BCUT2D eigenvalue weighted by atomic mass is 16.2. The normalized spacial score (nSPS) is 25.6. The summed E-state index contributed by atoms with van der Waals surface area (Å²) in [5, 5.41) is 3.09. The van der Waals surface area contributed by atoms with Crippen LogP contribution in [-0.4, -0.2) is 29.3 Å². The molecule has 1 saturated carbocycles. The fraction of sp³-hybridized carbons (Fsp3) is 0.619. The van der Waals surface area contributed by atoms with Gasteiger partial charge in [0.2, 0.25) is 11.8 Å². The molecule has 1 aliphatic carbocycles. The molecule has 4 nitrogen and oxygen atoms in total. The molecule has 3 unspecified atom stereocenters. The van der Waals surface area contributed by atoms with Gasteiger partial charge in [0.1, 0.15) is 0 Å². The van der Waals surface area contributed by atoms with Crippen LogP contribution in [0.15, 0.2) is 18.2 Å². The first-order valence-electron chi connectivity index (χ1n) is 9.76. The molecule has 0 spiro atoms. The van der Waals surface area contributed by atoms with E-state index >= 15 is 0 Å². The minimum absolute atomic E-state index is 0.00686. The summed E-state index contributed by atoms with van der Waals surface area (Å²) in [7, 11) is 0. The van der Waals surface area contributed by atoms with Crippen LogP contribution in [0.1, 0.15) is 57.1 Å². The Morgan fingerprint density at radius 3 is 2.72 bits per heavy atom. The second kappa shape index (κ2) is 7.59. The molecule has 1 N–H and O–H groups in total. The van der Waals surface area contributed by atoms with Crippen molar-refractivity contribution in [2.45, 2.75) is 65.3 Å². The Kier molecular flexibility index (Phi) is 5.45. The van der Waals surface area contributed by atoms with Gasteiger partial charge in [-0.05, 0) is 56.6 Å². The fourth-order valence-electron chi connectivity index (χ4n) is 4.10. The first-order valence-corrected chi connectivity index (χ1v) is 9.76. The molecule has 2 fully saturated rings. The van der Waals surface area contributed by atoms with Crippen LogP contribution >= 0.6 is 0 Å². The number of aryl methyl sites for hydroxylation is 2. The maximum absolute atomic E-state index is 12.8. The van der Waals surface area contributed by atoms with Gasteiger partial charge in [0.15, 0.2) is 0 Å². The van der Waals surface area contributed by atoms with Crippen LogP contribution in [0, 0.1) is 18.8 Å². The molecule has 3 atom stereocenters. The Morgan fingerprint density at radius 2 is 2.00 bits per heavy atom. The Hall–Kier alpha value is -1.84. The van der Waals surface area contributed by atoms with E-state index in [4.69, 9.17) is 0 Å². The highest BCUT2D eigenvalue weighted by molar-refractivity contribution is 6.00. The van der Waals surface area contributed by atoms with E-state index in [1.165, 1.54) is 6.42 Å². The zero-order chi connectivity index (χ0) is 18.0. The van der Waals surface area contributed by atoms with Crippen molar-refractivity contribution in [1.29, 1.82) is 0 Å². The van der Waals surface area contributed by atoms with E-state index in [2.05, 4.69) is 25.2 Å². The van der Waals surface area contributed by atoms with E-state index < -0.39 is 0 Å². The zero-order valence-corrected chi connectivity index (χ0v) is 15.7. The molecule has 136 valence electrons. The standard InChI is InChI=1S/C21H30N2O2/c1-4-15-10-8-9-14(3)19(15)22-20(24)17-13-18(17)21(25)23-12-7-6-11-16(23)5-2/h8-10,16-18H,4-7,11-13H2,1-3H3,(H,22,24). The van der Waals surface area contributed by atoms with Crippen molar-refractivity contribution in [1.82, 2.24) is 4.90 Å². The summed E-state index contributed by atoms with van der Waals surface area (Å²) < 4.78 is 0. The van der Waals surface area contributed by atoms with Crippen LogP contribution in [0.4, 0.5) is 5.69 Å². The summed E-state index contributed by atoms with van der Waals surface area (Å²) in [6.07, 6.45) is 6.01. The molecule has 2 aliphatic rings. The average molecular weight is 342 g/mol. The number of anilines is 1. The van der Waals surface area contributed by atoms with Gasteiger partial charge in [-0.15, -0.1) is 0 Å². The lowest BCUT2D eigenvalue weighted by molar-refractivity contribution is -0.137. The Labute approximate surface area is 151 Å². The van der Waals surface area contributed by atoms with Crippen LogP contribution in [0.2, 0.25) is 0 Å². The minimum Gasteiger partial charge on any atom is -0.339 e. The van der Waals surface area contributed by atoms with Crippen LogP contribution in [0.3, 0.4) is 0 Å². The predicted molar refractivity (Wildman–Crippen MR) is 100 cm³/mol. The summed E-state index contributed by atoms with van der Waals surface area (Å²) in [4.78, 5) is 27.5. The number of likely N-dealkylation sites (tertiary alicyclic amines) is 1. The number of carbonyl (C=O) groups excluding carboxylic acids is 2. The summed E-state index contributed by atoms with van der Waals surface area (Å²) in [6, 6.07) is 6.46. The lowest BCUT2D eigenvalue weighted by Crippen LogP contribution is -2.44. The maximum atomic E-state index is 12.8. The van der Waals surface area contributed by atoms with Crippen molar-refractivity contribution >= 4 is 17.5 Å². The van der Waals surface area contributed by atoms with E-state index in [1.54, 1.807) is 0 Å². The summed E-state index contributed by atoms with van der Waals surface area (Å²) >= 11 is 0. The third-order valence-electron chi connectivity index (χ3n) is 5.81. The number of hydrogen-bond acceptors (Lipinski definition) is 2. The van der Waals surface area contributed by atoms with Gasteiger partial charge in [-0.1, -0.05) is 32.0 Å². The second-order valence-corrected chi connectivity index (χ2v) is 7.49. The molecule has 0 bridgehead atoms. The highest BCUT2D eigenvalue weighted by Crippen LogP contribution is 2.42. The van der Waals surface area contributed by atoms with Gasteiger partial charge in [0.25, 0.3) is 0 Å². The van der Waals surface area contributed by atoms with Gasteiger partial charge in [-0.2, -0.15) is 0 Å². The van der Waals surface area contributed by atoms with Crippen LogP contribution in [0.25, 0.3) is 0 Å². The molecule has 25 heavy (non-hydrogen) atoms. The van der Waals surface area contributed by atoms with Crippen molar-refractivity contribution in [2.75, 3.05) is 11.9 Å². The van der Waals surface area contributed by atoms with Crippen LogP contribution < -0.4 is 5.32 Å². The number of hydrogen-bond donors (Lipinski definition) is 1. The number of nitrogens with zero attached hydrogens (tertiary/aromatic N) is 1. The Balaban J connectivity index is 1.63. The van der Waals surface area contributed by atoms with Gasteiger partial charge in [0, 0.05) is 18.3 Å². The number of benzene rings is 1. The lowest BCUT2D eigenvalue weighted by atomic mass is 9.99. The summed E-state index contributed by atoms with van der Waals surface area (Å²) in [5.74, 6) is -0.0582. The number of piperidine rings is 1. The summed E-state index contributed by atoms with van der Waals surface area (Å²) in [5.41, 5.74) is 3.16. The van der Waals surface area contributed by atoms with Crippen molar-refractivity contribution < 1.29 is 9.59 Å². The van der Waals surface area contributed by atoms with E-state index in [0.29, 0.717) is 12.5 Å². The van der Waals surface area contributed by atoms with E-state index in [9.17, 15) is 9.59 Å². The van der Waals surface area contributed by atoms with Crippen LogP contribution in [0.5, 0.6) is 0 Å². The molecule has 1 aliphatic heterocycles. The highest BCUT2D eigenvalue weighted by Gasteiger charge is 2.50. The van der Waals surface area contributed by atoms with Crippen LogP contribution in [-0.2, 0) is 16.0 Å². The van der Waals surface area contributed by atoms with E-state index in [1.807, 2.05) is 24.0 Å². The Bertz CT molecular complexity index is 655. The van der Waals surface area contributed by atoms with Crippen molar-refractivity contribution in [3.05, 3.63) is 29.3 Å². The number of nitrogens with one attached hydrogen (secondary N) is 1. The fourth-order valence-corrected chi connectivity index (χ4v) is 4.10. The third kappa shape index (κ3) is 3.73. The molecular weight excluding hydrogens is 312 g/mol. The molecule has 2 amide bonds. The topological polar surface area (TPSA) is 49.4 Å². The number of para-hydroxylation sites is 1. The average Bonchev–Trinajstić information content (AvgIpc) is 3.43. The Morgan fingerprint density at radius 1 is 1.20 bits per heavy atom. The molecule has 1 aromatic carbocycles. The second-order valence-electron chi connectivity index (χ2n) is 7.49. The number of carbonyl (C=O) groups is 2. The first-order chi connectivity index (χ1) is 12.1. The van der Waals surface area contributed by atoms with Crippen molar-refractivity contribution in [3.63, 3.8) is 0 Å². The number of amides is 2. The molecule has 0 radical (unpaired) electrons. The smallest absolute Gasteiger partial charge is 0.228 e. The van der Waals surface area contributed by atoms with E-state index in [0.717, 1.165) is 49.0 Å². The largest absolute Gasteiger partial charge is 0.339 e. The molecule has 3 rings (SSSR count). The quantitative estimate of drug-likeness (QED) is 0.881. The lowest BCUT2D eigenvalue weighted by Gasteiger charge is -2.35. The molecule has 1 aromatic rings. The monoisotopic (exact) mass is 342 g/mol. The predicted octanol–water partition coefficient (Wildman–Crippen LogP) is 3.92. The van der Waals surface area contributed by atoms with Gasteiger partial charge in [-0.25, -0.2) is 0 Å². The van der Waals surface area contributed by atoms with Gasteiger partial charge < -0.3 is 10.2 Å². The zero-order valence-electron chi connectivity index (χ0n) is 15.7. The summed E-state index contributed by atoms with van der Waals surface area (Å²) in [6.45, 7) is 7.12. The minimum atomic E-state index is -0.156. The van der Waals surface area contributed by atoms with Gasteiger partial charge in [-0.3, -0.25) is 9.59 Å².